The van der Waals surface area contributed by atoms with E-state index in [0.717, 1.165) is 24.8 Å². The molecule has 1 fully saturated rings. The molecule has 1 aliphatic rings. The Morgan fingerprint density at radius 3 is 2.61 bits per heavy atom. The van der Waals surface area contributed by atoms with Crippen LogP contribution in [0.4, 0.5) is 4.39 Å². The monoisotopic (exact) mass is 422 g/mol. The summed E-state index contributed by atoms with van der Waals surface area (Å²) in [7, 11) is 1.52. The summed E-state index contributed by atoms with van der Waals surface area (Å²) in [6, 6.07) is 13.4. The number of nitriles is 1. The smallest absolute Gasteiger partial charge is 0.262 e. The topological polar surface area (TPSA) is 71.3 Å². The summed E-state index contributed by atoms with van der Waals surface area (Å²) < 4.78 is 24.2. The van der Waals surface area contributed by atoms with Crippen LogP contribution in [0, 0.1) is 23.1 Å². The van der Waals surface area contributed by atoms with E-state index in [1.54, 1.807) is 36.4 Å². The summed E-state index contributed by atoms with van der Waals surface area (Å²) in [6.45, 7) is 2.40. The highest BCUT2D eigenvalue weighted by molar-refractivity contribution is 6.01. The number of benzene rings is 2. The van der Waals surface area contributed by atoms with Crippen LogP contribution in [0.2, 0.25) is 0 Å². The van der Waals surface area contributed by atoms with E-state index in [2.05, 4.69) is 12.2 Å². The second-order valence-corrected chi connectivity index (χ2v) is 7.84. The van der Waals surface area contributed by atoms with Crippen molar-refractivity contribution in [3.8, 4) is 17.6 Å². The van der Waals surface area contributed by atoms with Gasteiger partial charge in [0.15, 0.2) is 11.5 Å². The first kappa shape index (κ1) is 22.4. The zero-order chi connectivity index (χ0) is 22.2. The first-order chi connectivity index (χ1) is 15.0. The molecule has 1 saturated carbocycles. The molecule has 0 saturated heterocycles. The van der Waals surface area contributed by atoms with Gasteiger partial charge in [-0.2, -0.15) is 5.26 Å². The predicted molar refractivity (Wildman–Crippen MR) is 117 cm³/mol. The Morgan fingerprint density at radius 1 is 1.19 bits per heavy atom. The van der Waals surface area contributed by atoms with E-state index < -0.39 is 0 Å². The quantitative estimate of drug-likeness (QED) is 0.503. The largest absolute Gasteiger partial charge is 0.493 e. The Bertz CT molecular complexity index is 979. The van der Waals surface area contributed by atoms with Gasteiger partial charge in [-0.3, -0.25) is 4.79 Å². The second kappa shape index (κ2) is 10.6. The van der Waals surface area contributed by atoms with E-state index in [9.17, 15) is 14.4 Å². The summed E-state index contributed by atoms with van der Waals surface area (Å²) in [6.07, 6.45) is 5.86. The van der Waals surface area contributed by atoms with E-state index in [1.165, 1.54) is 25.7 Å². The molecule has 31 heavy (non-hydrogen) atoms. The van der Waals surface area contributed by atoms with E-state index in [0.29, 0.717) is 23.0 Å². The average Bonchev–Trinajstić information content (AvgIpc) is 2.78. The molecule has 0 aromatic heterocycles. The average molecular weight is 423 g/mol. The summed E-state index contributed by atoms with van der Waals surface area (Å²) >= 11 is 0. The number of rotatable bonds is 7. The van der Waals surface area contributed by atoms with Gasteiger partial charge in [-0.25, -0.2) is 4.39 Å². The number of hydrogen-bond donors (Lipinski definition) is 1. The SMILES string of the molecule is COc1cc(/C=C(\C#N)C(=O)N[C@H]2CCCC[C@H]2C)ccc1OCc1ccc(F)cc1. The highest BCUT2D eigenvalue weighted by Gasteiger charge is 2.24. The van der Waals surface area contributed by atoms with Crippen LogP contribution in [-0.2, 0) is 11.4 Å². The van der Waals surface area contributed by atoms with Gasteiger partial charge in [-0.1, -0.05) is 38.0 Å². The molecule has 2 aromatic rings. The number of ether oxygens (including phenoxy) is 2. The standard InChI is InChI=1S/C25H27FN2O3/c1-17-5-3-4-6-22(17)28-25(29)20(15-27)13-19-9-12-23(24(14-19)30-2)31-16-18-7-10-21(26)11-8-18/h7-14,17,22H,3-6,16H2,1-2H3,(H,28,29)/b20-13+/t17-,22+/m1/s1. The molecule has 0 bridgehead atoms. The lowest BCUT2D eigenvalue weighted by atomic mass is 9.86. The lowest BCUT2D eigenvalue weighted by Gasteiger charge is -2.29. The van der Waals surface area contributed by atoms with Crippen LogP contribution in [-0.4, -0.2) is 19.1 Å². The van der Waals surface area contributed by atoms with Crippen molar-refractivity contribution in [1.29, 1.82) is 5.26 Å². The highest BCUT2D eigenvalue weighted by Crippen LogP contribution is 2.30. The molecule has 1 aliphatic carbocycles. The zero-order valence-corrected chi connectivity index (χ0v) is 17.9. The molecule has 1 N–H and O–H groups in total. The number of nitrogens with one attached hydrogen (secondary N) is 1. The van der Waals surface area contributed by atoms with Crippen LogP contribution in [0.5, 0.6) is 11.5 Å². The van der Waals surface area contributed by atoms with E-state index in [1.807, 2.05) is 6.07 Å². The summed E-state index contributed by atoms with van der Waals surface area (Å²) in [5.74, 6) is 0.761. The molecule has 2 atom stereocenters. The first-order valence-corrected chi connectivity index (χ1v) is 10.5. The second-order valence-electron chi connectivity index (χ2n) is 7.84. The van der Waals surface area contributed by atoms with Crippen LogP contribution >= 0.6 is 0 Å². The molecule has 1 amide bonds. The Hall–Kier alpha value is -3.33. The normalized spacial score (nSPS) is 18.7. The number of methoxy groups -OCH3 is 1. The van der Waals surface area contributed by atoms with Gasteiger partial charge in [0.1, 0.15) is 24.1 Å². The van der Waals surface area contributed by atoms with Gasteiger partial charge in [0, 0.05) is 6.04 Å². The summed E-state index contributed by atoms with van der Waals surface area (Å²) in [5, 5.41) is 12.5. The third-order valence-electron chi connectivity index (χ3n) is 5.60. The molecular formula is C25H27FN2O3. The van der Waals surface area contributed by atoms with Crippen LogP contribution in [0.3, 0.4) is 0 Å². The lowest BCUT2D eigenvalue weighted by molar-refractivity contribution is -0.118. The fraction of sp³-hybridized carbons (Fsp3) is 0.360. The lowest BCUT2D eigenvalue weighted by Crippen LogP contribution is -2.41. The van der Waals surface area contributed by atoms with Crippen molar-refractivity contribution < 1.29 is 18.7 Å². The number of halogens is 1. The number of amides is 1. The minimum atomic E-state index is -0.350. The van der Waals surface area contributed by atoms with Crippen molar-refractivity contribution in [3.05, 3.63) is 65.0 Å². The number of carbonyl (C=O) groups is 1. The van der Waals surface area contributed by atoms with E-state index >= 15 is 0 Å². The molecule has 5 nitrogen and oxygen atoms in total. The fourth-order valence-electron chi connectivity index (χ4n) is 3.73. The maximum atomic E-state index is 13.0. The highest BCUT2D eigenvalue weighted by atomic mass is 19.1. The van der Waals surface area contributed by atoms with Crippen LogP contribution in [0.15, 0.2) is 48.0 Å². The van der Waals surface area contributed by atoms with E-state index in [4.69, 9.17) is 9.47 Å². The molecule has 0 aliphatic heterocycles. The minimum Gasteiger partial charge on any atom is -0.493 e. The van der Waals surface area contributed by atoms with Gasteiger partial charge in [-0.15, -0.1) is 0 Å². The van der Waals surface area contributed by atoms with Crippen LogP contribution < -0.4 is 14.8 Å². The van der Waals surface area contributed by atoms with E-state index in [-0.39, 0.29) is 29.9 Å². The van der Waals surface area contributed by atoms with Gasteiger partial charge in [0.2, 0.25) is 0 Å². The van der Waals surface area contributed by atoms with Gasteiger partial charge < -0.3 is 14.8 Å². The zero-order valence-electron chi connectivity index (χ0n) is 17.9. The third kappa shape index (κ3) is 6.08. The molecule has 0 heterocycles. The molecule has 6 heteroatoms. The minimum absolute atomic E-state index is 0.0554. The molecule has 2 aromatic carbocycles. The maximum absolute atomic E-state index is 13.0. The van der Waals surface area contributed by atoms with Crippen LogP contribution in [0.1, 0.15) is 43.7 Å². The molecule has 0 unspecified atom stereocenters. The maximum Gasteiger partial charge on any atom is 0.262 e. The van der Waals surface area contributed by atoms with Crippen molar-refractivity contribution in [1.82, 2.24) is 5.32 Å². The first-order valence-electron chi connectivity index (χ1n) is 10.5. The van der Waals surface area contributed by atoms with Crippen molar-refractivity contribution in [2.24, 2.45) is 5.92 Å². The number of nitrogens with zero attached hydrogens (tertiary/aromatic N) is 1. The van der Waals surface area contributed by atoms with Crippen molar-refractivity contribution in [2.45, 2.75) is 45.3 Å². The fourth-order valence-corrected chi connectivity index (χ4v) is 3.73. The van der Waals surface area contributed by atoms with Crippen molar-refractivity contribution >= 4 is 12.0 Å². The molecule has 0 spiro atoms. The Labute approximate surface area is 182 Å². The Balaban J connectivity index is 1.70. The molecule has 162 valence electrons. The third-order valence-corrected chi connectivity index (χ3v) is 5.60. The van der Waals surface area contributed by atoms with Gasteiger partial charge >= 0.3 is 0 Å². The number of carbonyl (C=O) groups excluding carboxylic acids is 1. The summed E-state index contributed by atoms with van der Waals surface area (Å²) in [4.78, 5) is 12.6. The van der Waals surface area contributed by atoms with Gasteiger partial charge in [0.05, 0.1) is 7.11 Å². The van der Waals surface area contributed by atoms with Gasteiger partial charge in [0.25, 0.3) is 5.91 Å². The van der Waals surface area contributed by atoms with Crippen molar-refractivity contribution in [3.63, 3.8) is 0 Å². The van der Waals surface area contributed by atoms with Crippen molar-refractivity contribution in [2.75, 3.05) is 7.11 Å². The Morgan fingerprint density at radius 2 is 1.94 bits per heavy atom. The molecule has 0 radical (unpaired) electrons. The van der Waals surface area contributed by atoms with Gasteiger partial charge in [-0.05, 0) is 60.2 Å². The molecular weight excluding hydrogens is 395 g/mol. The predicted octanol–water partition coefficient (Wildman–Crippen LogP) is 5.02. The molecule has 3 rings (SSSR count). The Kier molecular flexibility index (Phi) is 7.66. The summed E-state index contributed by atoms with van der Waals surface area (Å²) in [5.41, 5.74) is 1.54. The van der Waals surface area contributed by atoms with Crippen LogP contribution in [0.25, 0.3) is 6.08 Å². The number of hydrogen-bond acceptors (Lipinski definition) is 4.